The van der Waals surface area contributed by atoms with E-state index >= 15 is 0 Å². The van der Waals surface area contributed by atoms with Gasteiger partial charge in [0.1, 0.15) is 5.78 Å². The first-order valence-corrected chi connectivity index (χ1v) is 7.49. The molecule has 1 atom stereocenters. The Balaban J connectivity index is 2.28. The van der Waals surface area contributed by atoms with Crippen LogP contribution in [-0.4, -0.2) is 18.9 Å². The van der Waals surface area contributed by atoms with E-state index in [4.69, 9.17) is 0 Å². The average Bonchev–Trinajstić information content (AvgIpc) is 2.79. The third kappa shape index (κ3) is 4.42. The van der Waals surface area contributed by atoms with Gasteiger partial charge >= 0.3 is 0 Å². The molecule has 0 bridgehead atoms. The molecule has 17 heavy (non-hydrogen) atoms. The number of unbranched alkanes of at least 4 members (excludes halogenated alkanes) is 4. The van der Waals surface area contributed by atoms with E-state index in [1.165, 1.54) is 25.7 Å². The molecule has 100 valence electrons. The molecule has 0 aromatic carbocycles. The number of carbonyl (C=O) groups excluding carboxylic acids is 1. The van der Waals surface area contributed by atoms with Crippen molar-refractivity contribution in [3.05, 3.63) is 0 Å². The summed E-state index contributed by atoms with van der Waals surface area (Å²) < 4.78 is 0. The minimum atomic E-state index is -0.000490. The molecule has 1 fully saturated rings. The van der Waals surface area contributed by atoms with Crippen molar-refractivity contribution in [3.8, 4) is 0 Å². The Hall–Kier alpha value is -0.370. The summed E-state index contributed by atoms with van der Waals surface area (Å²) in [5, 5.41) is 3.37. The monoisotopic (exact) mass is 239 g/mol. The quantitative estimate of drug-likeness (QED) is 0.622. The van der Waals surface area contributed by atoms with Gasteiger partial charge in [-0.2, -0.15) is 0 Å². The first kappa shape index (κ1) is 14.7. The number of nitrogens with one attached hydrogen (secondary N) is 1. The standard InChI is InChI=1S/C15H29NO/c1-3-5-6-7-8-9-14(17)15(10-4-2)11-12-16-13-15/h16H,3-13H2,1-2H3. The first-order chi connectivity index (χ1) is 8.25. The van der Waals surface area contributed by atoms with E-state index in [9.17, 15) is 4.79 Å². The van der Waals surface area contributed by atoms with Gasteiger partial charge in [-0.05, 0) is 25.8 Å². The van der Waals surface area contributed by atoms with Crippen LogP contribution in [0.5, 0.6) is 0 Å². The second-order valence-corrected chi connectivity index (χ2v) is 5.54. The van der Waals surface area contributed by atoms with Gasteiger partial charge in [0, 0.05) is 18.4 Å². The van der Waals surface area contributed by atoms with Crippen LogP contribution < -0.4 is 5.32 Å². The zero-order chi connectivity index (χ0) is 12.6. The molecule has 0 aromatic heterocycles. The molecular weight excluding hydrogens is 210 g/mol. The molecule has 1 aliphatic heterocycles. The van der Waals surface area contributed by atoms with Gasteiger partial charge in [-0.25, -0.2) is 0 Å². The molecule has 1 N–H and O–H groups in total. The van der Waals surface area contributed by atoms with E-state index in [1.54, 1.807) is 0 Å². The fraction of sp³-hybridized carbons (Fsp3) is 0.933. The number of ketones is 1. The number of hydrogen-bond donors (Lipinski definition) is 1. The maximum atomic E-state index is 12.3. The number of Topliss-reactive ketones (excluding diaryl/α,β-unsaturated/α-hetero) is 1. The first-order valence-electron chi connectivity index (χ1n) is 7.49. The lowest BCUT2D eigenvalue weighted by Crippen LogP contribution is -2.33. The Morgan fingerprint density at radius 1 is 1.12 bits per heavy atom. The Morgan fingerprint density at radius 3 is 2.47 bits per heavy atom. The highest BCUT2D eigenvalue weighted by Crippen LogP contribution is 2.33. The van der Waals surface area contributed by atoms with Gasteiger partial charge in [0.15, 0.2) is 0 Å². The van der Waals surface area contributed by atoms with Gasteiger partial charge in [-0.3, -0.25) is 4.79 Å². The predicted octanol–water partition coefficient (Wildman–Crippen LogP) is 3.70. The van der Waals surface area contributed by atoms with Gasteiger partial charge in [-0.1, -0.05) is 46.0 Å². The minimum absolute atomic E-state index is 0.000490. The zero-order valence-corrected chi connectivity index (χ0v) is 11.7. The van der Waals surface area contributed by atoms with Crippen molar-refractivity contribution < 1.29 is 4.79 Å². The minimum Gasteiger partial charge on any atom is -0.316 e. The highest BCUT2D eigenvalue weighted by molar-refractivity contribution is 5.85. The third-order valence-electron chi connectivity index (χ3n) is 4.07. The molecule has 0 amide bonds. The fourth-order valence-electron chi connectivity index (χ4n) is 2.97. The van der Waals surface area contributed by atoms with Crippen LogP contribution >= 0.6 is 0 Å². The Kier molecular flexibility index (Phi) is 6.79. The summed E-state index contributed by atoms with van der Waals surface area (Å²) in [6.07, 6.45) is 10.3. The van der Waals surface area contributed by atoms with E-state index in [1.807, 2.05) is 0 Å². The molecule has 0 aliphatic carbocycles. The lowest BCUT2D eigenvalue weighted by Gasteiger charge is -2.26. The molecule has 2 nitrogen and oxygen atoms in total. The van der Waals surface area contributed by atoms with Crippen molar-refractivity contribution in [2.45, 2.75) is 71.6 Å². The Labute approximate surface area is 107 Å². The van der Waals surface area contributed by atoms with Crippen molar-refractivity contribution in [2.75, 3.05) is 13.1 Å². The van der Waals surface area contributed by atoms with Crippen molar-refractivity contribution >= 4 is 5.78 Å². The van der Waals surface area contributed by atoms with E-state index in [2.05, 4.69) is 19.2 Å². The number of carbonyl (C=O) groups is 1. The lowest BCUT2D eigenvalue weighted by atomic mass is 9.77. The number of rotatable bonds is 9. The van der Waals surface area contributed by atoms with E-state index in [0.717, 1.165) is 45.2 Å². The van der Waals surface area contributed by atoms with Crippen LogP contribution in [0.1, 0.15) is 71.6 Å². The van der Waals surface area contributed by atoms with Gasteiger partial charge in [0.05, 0.1) is 0 Å². The van der Waals surface area contributed by atoms with Gasteiger partial charge in [-0.15, -0.1) is 0 Å². The molecular formula is C15H29NO. The molecule has 0 aromatic rings. The Morgan fingerprint density at radius 2 is 1.88 bits per heavy atom. The van der Waals surface area contributed by atoms with Crippen LogP contribution in [0.4, 0.5) is 0 Å². The van der Waals surface area contributed by atoms with E-state index in [0.29, 0.717) is 5.78 Å². The van der Waals surface area contributed by atoms with Crippen LogP contribution in [0.2, 0.25) is 0 Å². The summed E-state index contributed by atoms with van der Waals surface area (Å²) in [7, 11) is 0. The molecule has 0 saturated carbocycles. The maximum absolute atomic E-state index is 12.3. The van der Waals surface area contributed by atoms with Gasteiger partial charge in [0.2, 0.25) is 0 Å². The Bertz CT molecular complexity index is 219. The SMILES string of the molecule is CCCCCCCC(=O)C1(CCC)CCNC1. The van der Waals surface area contributed by atoms with E-state index < -0.39 is 0 Å². The van der Waals surface area contributed by atoms with Crippen molar-refractivity contribution in [1.29, 1.82) is 0 Å². The van der Waals surface area contributed by atoms with Crippen LogP contribution in [-0.2, 0) is 4.79 Å². The summed E-state index contributed by atoms with van der Waals surface area (Å²) in [6.45, 7) is 6.37. The summed E-state index contributed by atoms with van der Waals surface area (Å²) in [5.41, 5.74) is -0.000490. The maximum Gasteiger partial charge on any atom is 0.140 e. The third-order valence-corrected chi connectivity index (χ3v) is 4.07. The van der Waals surface area contributed by atoms with Gasteiger partial charge in [0.25, 0.3) is 0 Å². The molecule has 0 spiro atoms. The molecule has 1 saturated heterocycles. The summed E-state index contributed by atoms with van der Waals surface area (Å²) in [6, 6.07) is 0. The molecule has 1 aliphatic rings. The molecule has 2 heteroatoms. The molecule has 0 radical (unpaired) electrons. The zero-order valence-electron chi connectivity index (χ0n) is 11.7. The van der Waals surface area contributed by atoms with Crippen molar-refractivity contribution in [3.63, 3.8) is 0 Å². The smallest absolute Gasteiger partial charge is 0.140 e. The van der Waals surface area contributed by atoms with Crippen molar-refractivity contribution in [1.82, 2.24) is 5.32 Å². The summed E-state index contributed by atoms with van der Waals surface area (Å²) >= 11 is 0. The van der Waals surface area contributed by atoms with Crippen LogP contribution in [0.15, 0.2) is 0 Å². The summed E-state index contributed by atoms with van der Waals surface area (Å²) in [4.78, 5) is 12.3. The van der Waals surface area contributed by atoms with Crippen LogP contribution in [0.25, 0.3) is 0 Å². The molecule has 1 rings (SSSR count). The highest BCUT2D eigenvalue weighted by atomic mass is 16.1. The number of hydrogen-bond acceptors (Lipinski definition) is 2. The highest BCUT2D eigenvalue weighted by Gasteiger charge is 2.38. The second kappa shape index (κ2) is 7.86. The molecule has 1 heterocycles. The molecule has 1 unspecified atom stereocenters. The van der Waals surface area contributed by atoms with Crippen LogP contribution in [0, 0.1) is 5.41 Å². The van der Waals surface area contributed by atoms with Gasteiger partial charge < -0.3 is 5.32 Å². The van der Waals surface area contributed by atoms with E-state index in [-0.39, 0.29) is 5.41 Å². The lowest BCUT2D eigenvalue weighted by molar-refractivity contribution is -0.128. The fourth-order valence-corrected chi connectivity index (χ4v) is 2.97. The average molecular weight is 239 g/mol. The van der Waals surface area contributed by atoms with Crippen LogP contribution in [0.3, 0.4) is 0 Å². The normalized spacial score (nSPS) is 24.1. The largest absolute Gasteiger partial charge is 0.316 e. The summed E-state index contributed by atoms with van der Waals surface area (Å²) in [5.74, 6) is 0.529. The topological polar surface area (TPSA) is 29.1 Å². The predicted molar refractivity (Wildman–Crippen MR) is 73.2 cm³/mol. The second-order valence-electron chi connectivity index (χ2n) is 5.54. The van der Waals surface area contributed by atoms with Crippen molar-refractivity contribution in [2.24, 2.45) is 5.41 Å².